The second kappa shape index (κ2) is 7.58. The Bertz CT molecular complexity index is 402. The largest absolute Gasteiger partial charge is 0.874 e. The van der Waals surface area contributed by atoms with Crippen molar-refractivity contribution >= 4 is 24.1 Å². The number of nitrogens with one attached hydrogen (secondary N) is 1. The number of nitrogens with zero attached hydrogens (tertiary/aromatic N) is 2. The number of ether oxygens (including phenoxy) is 1. The minimum Gasteiger partial charge on any atom is -0.874 e. The Kier molecular flexibility index (Phi) is 6.04. The maximum Gasteiger partial charge on any atom is 0.455 e. The van der Waals surface area contributed by atoms with Gasteiger partial charge in [-0.15, -0.1) is 0 Å². The molecule has 7 nitrogen and oxygen atoms in total. The van der Waals surface area contributed by atoms with Gasteiger partial charge in [0.1, 0.15) is 0 Å². The summed E-state index contributed by atoms with van der Waals surface area (Å²) in [5.41, 5.74) is 2.49. The first-order chi connectivity index (χ1) is 8.69. The van der Waals surface area contributed by atoms with Gasteiger partial charge in [-0.3, -0.25) is 0 Å². The van der Waals surface area contributed by atoms with Crippen LogP contribution < -0.4 is 10.5 Å². The minimum absolute atomic E-state index is 0.0514. The molecular weight excluding hydrogens is 258 g/mol. The molecule has 1 unspecified atom stereocenters. The molecule has 0 bridgehead atoms. The summed E-state index contributed by atoms with van der Waals surface area (Å²) >= 11 is 1.20. The molecule has 0 aliphatic carbocycles. The number of aliphatic hydroxyl groups is 1. The third-order valence-corrected chi connectivity index (χ3v) is 3.23. The Morgan fingerprint density at radius 3 is 3.22 bits per heavy atom. The highest BCUT2D eigenvalue weighted by Crippen LogP contribution is 2.18. The summed E-state index contributed by atoms with van der Waals surface area (Å²) in [6.07, 6.45) is 2.34. The van der Waals surface area contributed by atoms with Gasteiger partial charge in [0.25, 0.3) is 0 Å². The Labute approximate surface area is 108 Å². The van der Waals surface area contributed by atoms with Crippen LogP contribution in [-0.2, 0) is 9.53 Å². The molecule has 0 spiro atoms. The highest BCUT2D eigenvalue weighted by molar-refractivity contribution is 8.00. The summed E-state index contributed by atoms with van der Waals surface area (Å²) in [5.74, 6) is -0.244. The molecule has 0 fully saturated rings. The molecule has 0 saturated heterocycles. The minimum atomic E-state index is -0.548. The number of hydrazine groups is 1. The van der Waals surface area contributed by atoms with Crippen LogP contribution in [0.1, 0.15) is 6.42 Å². The van der Waals surface area contributed by atoms with Crippen molar-refractivity contribution in [3.8, 4) is 6.07 Å². The molecule has 98 valence electrons. The second-order valence-corrected chi connectivity index (χ2v) is 4.61. The van der Waals surface area contributed by atoms with Gasteiger partial charge in [-0.25, -0.2) is 4.79 Å². The summed E-state index contributed by atoms with van der Waals surface area (Å²) in [5, 5.41) is 28.5. The molecule has 1 atom stereocenters. The lowest BCUT2D eigenvalue weighted by molar-refractivity contribution is -0.490. The smallest absolute Gasteiger partial charge is 0.455 e. The van der Waals surface area contributed by atoms with Crippen molar-refractivity contribution in [3.63, 3.8) is 0 Å². The van der Waals surface area contributed by atoms with Gasteiger partial charge in [0, 0.05) is 23.6 Å². The molecule has 18 heavy (non-hydrogen) atoms. The molecule has 1 amide bonds. The number of amides is 1. The molecular formula is C10H13N3O4S. The summed E-state index contributed by atoms with van der Waals surface area (Å²) in [6.45, 7) is -0.116. The molecule has 1 rings (SSSR count). The molecule has 1 aliphatic rings. The summed E-state index contributed by atoms with van der Waals surface area (Å²) in [7, 11) is 0. The predicted molar refractivity (Wildman–Crippen MR) is 62.1 cm³/mol. The second-order valence-electron chi connectivity index (χ2n) is 3.30. The maximum absolute atomic E-state index is 11.7. The first kappa shape index (κ1) is 14.3. The number of rotatable bonds is 7. The van der Waals surface area contributed by atoms with Gasteiger partial charge in [-0.1, -0.05) is 5.76 Å². The van der Waals surface area contributed by atoms with Crippen LogP contribution in [0.25, 0.3) is 0 Å². The molecule has 0 aromatic heterocycles. The Morgan fingerprint density at radius 1 is 1.89 bits per heavy atom. The van der Waals surface area contributed by atoms with Crippen LogP contribution in [0.3, 0.4) is 0 Å². The zero-order chi connectivity index (χ0) is 13.4. The van der Waals surface area contributed by atoms with Gasteiger partial charge in [0.15, 0.2) is 0 Å². The molecule has 2 N–H and O–H groups in total. The van der Waals surface area contributed by atoms with E-state index in [1.807, 2.05) is 6.07 Å². The monoisotopic (exact) mass is 271 g/mol. The molecule has 8 heteroatoms. The first-order valence-corrected chi connectivity index (χ1v) is 6.23. The van der Waals surface area contributed by atoms with E-state index in [0.29, 0.717) is 5.75 Å². The summed E-state index contributed by atoms with van der Waals surface area (Å²) < 4.78 is 5.80. The lowest BCUT2D eigenvalue weighted by atomic mass is 10.3. The third-order valence-electron chi connectivity index (χ3n) is 2.01. The number of thioether (sulfide) groups is 1. The van der Waals surface area contributed by atoms with E-state index in [2.05, 4.69) is 5.43 Å². The van der Waals surface area contributed by atoms with Crippen LogP contribution in [0.15, 0.2) is 12.0 Å². The summed E-state index contributed by atoms with van der Waals surface area (Å²) in [6, 6.07) is 1.91. The summed E-state index contributed by atoms with van der Waals surface area (Å²) in [4.78, 5) is 11.1. The van der Waals surface area contributed by atoms with Crippen LogP contribution in [0.2, 0.25) is 0 Å². The quantitative estimate of drug-likeness (QED) is 0.419. The number of nitriles is 1. The topological polar surface area (TPSA) is 108 Å². The number of hydrazone groups is 1. The molecule has 0 aromatic carbocycles. The van der Waals surface area contributed by atoms with Crippen molar-refractivity contribution in [2.45, 2.75) is 11.7 Å². The zero-order valence-electron chi connectivity index (χ0n) is 9.54. The Hall–Kier alpha value is -1.72. The van der Waals surface area contributed by atoms with Crippen molar-refractivity contribution in [1.82, 2.24) is 5.43 Å². The highest BCUT2D eigenvalue weighted by Gasteiger charge is 2.24. The average molecular weight is 271 g/mol. The van der Waals surface area contributed by atoms with Gasteiger partial charge in [0.05, 0.1) is 12.7 Å². The van der Waals surface area contributed by atoms with Crippen molar-refractivity contribution in [2.24, 2.45) is 0 Å². The Morgan fingerprint density at radius 2 is 2.67 bits per heavy atom. The SMILES string of the molecule is N#CCC(SCCO)C([O-])=CN[N+]1=COCC1=O. The van der Waals surface area contributed by atoms with Gasteiger partial charge in [-0.05, 0) is 4.68 Å². The van der Waals surface area contributed by atoms with E-state index in [1.165, 1.54) is 18.2 Å². The van der Waals surface area contributed by atoms with Gasteiger partial charge in [-0.2, -0.15) is 22.4 Å². The van der Waals surface area contributed by atoms with E-state index < -0.39 is 5.25 Å². The molecule has 0 radical (unpaired) electrons. The van der Waals surface area contributed by atoms with E-state index in [0.717, 1.165) is 10.9 Å². The maximum atomic E-state index is 11.7. The van der Waals surface area contributed by atoms with E-state index >= 15 is 0 Å². The lowest BCUT2D eigenvalue weighted by Gasteiger charge is -2.20. The van der Waals surface area contributed by atoms with Crippen LogP contribution >= 0.6 is 11.8 Å². The fraction of sp³-hybridized carbons (Fsp3) is 0.500. The van der Waals surface area contributed by atoms with Crippen LogP contribution in [0, 0.1) is 11.3 Å². The fourth-order valence-electron chi connectivity index (χ4n) is 1.16. The molecule has 0 aromatic rings. The molecule has 0 saturated carbocycles. The van der Waals surface area contributed by atoms with Gasteiger partial charge in [0.2, 0.25) is 6.61 Å². The third kappa shape index (κ3) is 4.27. The van der Waals surface area contributed by atoms with Crippen molar-refractivity contribution in [1.29, 1.82) is 5.26 Å². The van der Waals surface area contributed by atoms with Gasteiger partial charge < -0.3 is 14.9 Å². The van der Waals surface area contributed by atoms with E-state index in [-0.39, 0.29) is 31.3 Å². The number of hydrogen-bond donors (Lipinski definition) is 2. The molecule has 1 aliphatic heterocycles. The van der Waals surface area contributed by atoms with Crippen LogP contribution in [0.5, 0.6) is 0 Å². The van der Waals surface area contributed by atoms with Crippen molar-refractivity contribution < 1.29 is 24.4 Å². The molecule has 1 heterocycles. The highest BCUT2D eigenvalue weighted by atomic mass is 32.2. The number of carbonyl (C=O) groups excluding carboxylic acids is 1. The van der Waals surface area contributed by atoms with E-state index in [9.17, 15) is 9.90 Å². The van der Waals surface area contributed by atoms with Crippen LogP contribution in [-0.4, -0.2) is 46.3 Å². The van der Waals surface area contributed by atoms with Crippen molar-refractivity contribution in [2.75, 3.05) is 19.0 Å². The van der Waals surface area contributed by atoms with Crippen LogP contribution in [0.4, 0.5) is 0 Å². The number of aliphatic hydroxyl groups excluding tert-OH is 1. The lowest BCUT2D eigenvalue weighted by Crippen LogP contribution is -2.31. The van der Waals surface area contributed by atoms with Crippen molar-refractivity contribution in [3.05, 3.63) is 12.0 Å². The number of carbonyl (C=O) groups is 1. The van der Waals surface area contributed by atoms with E-state index in [1.54, 1.807) is 0 Å². The standard InChI is InChI=1S/C10H13N3O4S/c11-2-1-9(18-4-3-14)8(15)5-12-13-7-17-6-10(13)16/h5,7,9,12,14H,1,3-4,6H2. The van der Waals surface area contributed by atoms with Gasteiger partial charge >= 0.3 is 12.3 Å². The fourth-order valence-corrected chi connectivity index (χ4v) is 1.97. The van der Waals surface area contributed by atoms with E-state index in [4.69, 9.17) is 15.1 Å². The zero-order valence-corrected chi connectivity index (χ0v) is 10.4. The first-order valence-electron chi connectivity index (χ1n) is 5.18. The normalized spacial score (nSPS) is 16.8. The Balaban J connectivity index is 2.55. The number of hydrogen-bond acceptors (Lipinski definition) is 7. The average Bonchev–Trinajstić information content (AvgIpc) is 2.77. The predicted octanol–water partition coefficient (Wildman–Crippen LogP) is -1.70.